The normalized spacial score (nSPS) is 11.6. The second kappa shape index (κ2) is 10.7. The number of primary sulfonamides is 1. The van der Waals surface area contributed by atoms with Gasteiger partial charge in [0.1, 0.15) is 0 Å². The van der Waals surface area contributed by atoms with Crippen molar-refractivity contribution >= 4 is 51.6 Å². The summed E-state index contributed by atoms with van der Waals surface area (Å²) in [4.78, 5) is 4.26. The minimum atomic E-state index is -3.66. The van der Waals surface area contributed by atoms with E-state index in [0.29, 0.717) is 19.0 Å². The van der Waals surface area contributed by atoms with Crippen molar-refractivity contribution in [3.8, 4) is 0 Å². The molecule has 0 bridgehead atoms. The first-order valence-corrected chi connectivity index (χ1v) is 9.61. The van der Waals surface area contributed by atoms with E-state index in [1.54, 1.807) is 19.2 Å². The Bertz CT molecular complexity index is 842. The molecule has 0 saturated heterocycles. The molecule has 0 aliphatic rings. The molecule has 2 aromatic carbocycles. The number of hydrogen-bond donors (Lipinski definition) is 3. The van der Waals surface area contributed by atoms with Crippen LogP contribution < -0.4 is 15.8 Å². The summed E-state index contributed by atoms with van der Waals surface area (Å²) in [6.07, 6.45) is 0.824. The second-order valence-corrected chi connectivity index (χ2v) is 7.42. The van der Waals surface area contributed by atoms with Gasteiger partial charge in [-0.25, -0.2) is 13.6 Å². The number of benzene rings is 2. The summed E-state index contributed by atoms with van der Waals surface area (Å²) in [6.45, 7) is 1.23. The quantitative estimate of drug-likeness (QED) is 0.317. The number of halogens is 2. The topological polar surface area (TPSA) is 96.6 Å². The van der Waals surface area contributed by atoms with Gasteiger partial charge in [0.2, 0.25) is 10.0 Å². The highest BCUT2D eigenvalue weighted by Crippen LogP contribution is 2.11. The van der Waals surface area contributed by atoms with Gasteiger partial charge < -0.3 is 10.6 Å². The lowest BCUT2D eigenvalue weighted by Crippen LogP contribution is -2.37. The van der Waals surface area contributed by atoms with Crippen molar-refractivity contribution < 1.29 is 8.42 Å². The molecule has 0 aromatic heterocycles. The van der Waals surface area contributed by atoms with Crippen LogP contribution in [0.5, 0.6) is 0 Å². The van der Waals surface area contributed by atoms with E-state index in [0.717, 1.165) is 22.6 Å². The molecule has 2 rings (SSSR count). The molecule has 4 N–H and O–H groups in total. The van der Waals surface area contributed by atoms with E-state index < -0.39 is 10.0 Å². The van der Waals surface area contributed by atoms with Gasteiger partial charge in [-0.2, -0.15) is 0 Å². The molecule has 9 heteroatoms. The van der Waals surface area contributed by atoms with Gasteiger partial charge in [0, 0.05) is 25.2 Å². The zero-order chi connectivity index (χ0) is 18.3. The molecule has 0 aliphatic carbocycles. The minimum absolute atomic E-state index is 0. The monoisotopic (exact) mass is 508 g/mol. The Balaban J connectivity index is 0.00000338. The zero-order valence-corrected chi connectivity index (χ0v) is 18.2. The van der Waals surface area contributed by atoms with Crippen LogP contribution in [0.15, 0.2) is 58.4 Å². The number of aliphatic imine (C=N–C) groups is 1. The van der Waals surface area contributed by atoms with Crippen molar-refractivity contribution in [1.29, 1.82) is 0 Å². The largest absolute Gasteiger partial charge is 0.356 e. The van der Waals surface area contributed by atoms with Crippen molar-refractivity contribution in [3.05, 3.63) is 64.7 Å². The lowest BCUT2D eigenvalue weighted by Gasteiger charge is -2.12. The molecule has 2 aromatic rings. The molecule has 142 valence electrons. The highest BCUT2D eigenvalue weighted by atomic mass is 127. The standard InChI is InChI=1S/C17H21ClN4O2S.HI/c1-20-17(21-10-9-13-3-2-4-15(18)11-13)22-12-14-5-7-16(8-6-14)25(19,23)24;/h2-8,11H,9-10,12H2,1H3,(H2,19,23,24)(H2,20,21,22);1H. The highest BCUT2D eigenvalue weighted by Gasteiger charge is 2.06. The second-order valence-electron chi connectivity index (χ2n) is 5.42. The van der Waals surface area contributed by atoms with Crippen LogP contribution in [-0.2, 0) is 23.0 Å². The molecule has 0 radical (unpaired) electrons. The van der Waals surface area contributed by atoms with Gasteiger partial charge in [0.15, 0.2) is 5.96 Å². The average Bonchev–Trinajstić information content (AvgIpc) is 2.57. The third-order valence-electron chi connectivity index (χ3n) is 3.53. The molecule has 0 unspecified atom stereocenters. The summed E-state index contributed by atoms with van der Waals surface area (Å²) in [6, 6.07) is 14.1. The van der Waals surface area contributed by atoms with E-state index in [4.69, 9.17) is 16.7 Å². The van der Waals surface area contributed by atoms with E-state index in [-0.39, 0.29) is 28.9 Å². The van der Waals surface area contributed by atoms with Crippen LogP contribution in [0.25, 0.3) is 0 Å². The van der Waals surface area contributed by atoms with Crippen LogP contribution in [0.3, 0.4) is 0 Å². The molecule has 0 spiro atoms. The third-order valence-corrected chi connectivity index (χ3v) is 4.69. The maximum atomic E-state index is 11.2. The van der Waals surface area contributed by atoms with Gasteiger partial charge in [-0.05, 0) is 41.8 Å². The fourth-order valence-electron chi connectivity index (χ4n) is 2.22. The molecule has 0 amide bonds. The average molecular weight is 509 g/mol. The van der Waals surface area contributed by atoms with Crippen LogP contribution in [0.2, 0.25) is 5.02 Å². The zero-order valence-electron chi connectivity index (χ0n) is 14.3. The number of nitrogens with one attached hydrogen (secondary N) is 2. The molecule has 0 fully saturated rings. The van der Waals surface area contributed by atoms with E-state index in [1.165, 1.54) is 12.1 Å². The van der Waals surface area contributed by atoms with Crippen molar-refractivity contribution in [2.24, 2.45) is 10.1 Å². The highest BCUT2D eigenvalue weighted by molar-refractivity contribution is 14.0. The Morgan fingerprint density at radius 2 is 1.81 bits per heavy atom. The van der Waals surface area contributed by atoms with Crippen LogP contribution in [0.4, 0.5) is 0 Å². The van der Waals surface area contributed by atoms with E-state index in [1.807, 2.05) is 24.3 Å². The fourth-order valence-corrected chi connectivity index (χ4v) is 2.95. The van der Waals surface area contributed by atoms with Gasteiger partial charge in [0.05, 0.1) is 4.90 Å². The molecule has 26 heavy (non-hydrogen) atoms. The van der Waals surface area contributed by atoms with Crippen molar-refractivity contribution in [2.75, 3.05) is 13.6 Å². The molecule has 0 aliphatic heterocycles. The van der Waals surface area contributed by atoms with Crippen molar-refractivity contribution in [1.82, 2.24) is 10.6 Å². The maximum Gasteiger partial charge on any atom is 0.238 e. The molecular weight excluding hydrogens is 487 g/mol. The Hall–Kier alpha value is -1.36. The number of nitrogens with two attached hydrogens (primary N) is 1. The van der Waals surface area contributed by atoms with E-state index in [9.17, 15) is 8.42 Å². The van der Waals surface area contributed by atoms with Crippen LogP contribution in [0, 0.1) is 0 Å². The Kier molecular flexibility index (Phi) is 9.34. The minimum Gasteiger partial charge on any atom is -0.356 e. The summed E-state index contributed by atoms with van der Waals surface area (Å²) >= 11 is 5.97. The third kappa shape index (κ3) is 7.48. The summed E-state index contributed by atoms with van der Waals surface area (Å²) in [5.74, 6) is 0.664. The summed E-state index contributed by atoms with van der Waals surface area (Å²) < 4.78 is 22.5. The Morgan fingerprint density at radius 1 is 1.12 bits per heavy atom. The van der Waals surface area contributed by atoms with Gasteiger partial charge in [-0.15, -0.1) is 24.0 Å². The predicted octanol–water partition coefficient (Wildman–Crippen LogP) is 2.51. The van der Waals surface area contributed by atoms with Gasteiger partial charge in [0.25, 0.3) is 0 Å². The smallest absolute Gasteiger partial charge is 0.238 e. The van der Waals surface area contributed by atoms with Crippen molar-refractivity contribution in [3.63, 3.8) is 0 Å². The van der Waals surface area contributed by atoms with Gasteiger partial charge >= 0.3 is 0 Å². The van der Waals surface area contributed by atoms with Gasteiger partial charge in [-0.1, -0.05) is 35.9 Å². The Morgan fingerprint density at radius 3 is 2.38 bits per heavy atom. The summed E-state index contributed by atoms with van der Waals surface area (Å²) in [5.41, 5.74) is 2.07. The van der Waals surface area contributed by atoms with E-state index >= 15 is 0 Å². The van der Waals surface area contributed by atoms with Gasteiger partial charge in [-0.3, -0.25) is 4.99 Å². The van der Waals surface area contributed by atoms with Crippen LogP contribution in [0.1, 0.15) is 11.1 Å². The molecule has 0 saturated carbocycles. The number of hydrogen-bond acceptors (Lipinski definition) is 3. The first kappa shape index (κ1) is 22.7. The van der Waals surface area contributed by atoms with Crippen LogP contribution in [-0.4, -0.2) is 28.0 Å². The molecule has 0 heterocycles. The number of guanidine groups is 1. The SMILES string of the molecule is CN=C(NCCc1cccc(Cl)c1)NCc1ccc(S(N)(=O)=O)cc1.I. The van der Waals surface area contributed by atoms with E-state index in [2.05, 4.69) is 15.6 Å². The predicted molar refractivity (Wildman–Crippen MR) is 117 cm³/mol. The maximum absolute atomic E-state index is 11.2. The van der Waals surface area contributed by atoms with Crippen LogP contribution >= 0.6 is 35.6 Å². The molecular formula is C17H22ClIN4O2S. The number of nitrogens with zero attached hydrogens (tertiary/aromatic N) is 1. The summed E-state index contributed by atoms with van der Waals surface area (Å²) in [5, 5.41) is 12.2. The molecule has 6 nitrogen and oxygen atoms in total. The Labute approximate surface area is 176 Å². The first-order chi connectivity index (χ1) is 11.9. The number of sulfonamides is 1. The lowest BCUT2D eigenvalue weighted by atomic mass is 10.1. The van der Waals surface area contributed by atoms with Crippen molar-refractivity contribution in [2.45, 2.75) is 17.9 Å². The first-order valence-electron chi connectivity index (χ1n) is 7.69. The number of rotatable bonds is 6. The fraction of sp³-hybridized carbons (Fsp3) is 0.235. The summed E-state index contributed by atoms with van der Waals surface area (Å²) in [7, 11) is -1.97. The lowest BCUT2D eigenvalue weighted by molar-refractivity contribution is 0.597. The molecule has 0 atom stereocenters.